The Bertz CT molecular complexity index is 383. The van der Waals surface area contributed by atoms with Crippen LogP contribution in [0.3, 0.4) is 0 Å². The Morgan fingerprint density at radius 3 is 2.31 bits per heavy atom. The molecule has 0 spiro atoms. The first-order valence-corrected chi connectivity index (χ1v) is 6.68. The highest BCUT2D eigenvalue weighted by Gasteiger charge is 2.64. The first-order valence-electron chi connectivity index (χ1n) is 6.68. The average Bonchev–Trinajstić information content (AvgIpc) is 2.77. The molecule has 1 aliphatic heterocycles. The van der Waals surface area contributed by atoms with Crippen molar-refractivity contribution in [3.05, 3.63) is 35.9 Å². The van der Waals surface area contributed by atoms with Gasteiger partial charge < -0.3 is 0 Å². The van der Waals surface area contributed by atoms with E-state index in [0.29, 0.717) is 6.04 Å². The Morgan fingerprint density at radius 2 is 1.69 bits per heavy atom. The van der Waals surface area contributed by atoms with Crippen molar-refractivity contribution in [2.45, 2.75) is 44.3 Å². The number of fused-ring (bicyclic) bond motifs is 5. The molecule has 3 aliphatic rings. The molecule has 0 radical (unpaired) electrons. The van der Waals surface area contributed by atoms with Crippen molar-refractivity contribution in [1.29, 1.82) is 0 Å². The van der Waals surface area contributed by atoms with Crippen LogP contribution < -0.4 is 0 Å². The fourth-order valence-electron chi connectivity index (χ4n) is 4.42. The van der Waals surface area contributed by atoms with Crippen molar-refractivity contribution < 1.29 is 0 Å². The van der Waals surface area contributed by atoms with Crippen LogP contribution in [0.1, 0.15) is 37.8 Å². The molecule has 16 heavy (non-hydrogen) atoms. The van der Waals surface area contributed by atoms with Crippen molar-refractivity contribution in [3.63, 3.8) is 0 Å². The Morgan fingerprint density at radius 1 is 1.06 bits per heavy atom. The lowest BCUT2D eigenvalue weighted by molar-refractivity contribution is 0.301. The van der Waals surface area contributed by atoms with E-state index in [0.717, 1.165) is 23.9 Å². The topological polar surface area (TPSA) is 3.01 Å². The fourth-order valence-corrected chi connectivity index (χ4v) is 4.42. The molecule has 0 amide bonds. The van der Waals surface area contributed by atoms with Crippen molar-refractivity contribution >= 4 is 0 Å². The van der Waals surface area contributed by atoms with Crippen molar-refractivity contribution in [3.8, 4) is 0 Å². The summed E-state index contributed by atoms with van der Waals surface area (Å²) in [5.41, 5.74) is 1.50. The van der Waals surface area contributed by atoms with E-state index in [2.05, 4.69) is 42.2 Å². The van der Waals surface area contributed by atoms with E-state index in [9.17, 15) is 0 Å². The highest BCUT2D eigenvalue weighted by atomic mass is 15.4. The molecule has 1 aromatic rings. The summed E-state index contributed by atoms with van der Waals surface area (Å²) >= 11 is 0. The largest absolute Gasteiger partial charge is 0.287 e. The minimum atomic E-state index is 0.639. The summed E-state index contributed by atoms with van der Waals surface area (Å²) in [5, 5.41) is 0. The number of piperidine rings is 1. The van der Waals surface area contributed by atoms with Crippen LogP contribution in [-0.4, -0.2) is 17.0 Å². The molecule has 2 bridgehead atoms. The Labute approximate surface area is 97.5 Å². The van der Waals surface area contributed by atoms with Crippen LogP contribution in [0.25, 0.3) is 0 Å². The van der Waals surface area contributed by atoms with Gasteiger partial charge in [-0.25, -0.2) is 0 Å². The molecule has 0 N–H and O–H groups in total. The third-order valence-electron chi connectivity index (χ3n) is 5.16. The predicted octanol–water partition coefficient (Wildman–Crippen LogP) is 3.23. The second-order valence-corrected chi connectivity index (χ2v) is 5.85. The molecular formula is C15H19N. The molecule has 2 aliphatic carbocycles. The van der Waals surface area contributed by atoms with Crippen molar-refractivity contribution in [2.75, 3.05) is 0 Å². The van der Waals surface area contributed by atoms with E-state index < -0.39 is 0 Å². The summed E-state index contributed by atoms with van der Waals surface area (Å²) in [7, 11) is 0. The number of rotatable bonds is 2. The maximum atomic E-state index is 2.78. The van der Waals surface area contributed by atoms with Crippen molar-refractivity contribution in [2.24, 2.45) is 11.8 Å². The minimum Gasteiger partial charge on any atom is -0.287 e. The molecule has 2 saturated carbocycles. The van der Waals surface area contributed by atoms with Gasteiger partial charge in [0.05, 0.1) is 0 Å². The van der Waals surface area contributed by atoms with Gasteiger partial charge in [-0.2, -0.15) is 0 Å². The Hall–Kier alpha value is -0.820. The second-order valence-electron chi connectivity index (χ2n) is 5.85. The molecule has 5 unspecified atom stereocenters. The lowest BCUT2D eigenvalue weighted by Gasteiger charge is -2.19. The van der Waals surface area contributed by atoms with Crippen LogP contribution in [0, 0.1) is 11.8 Å². The van der Waals surface area contributed by atoms with Gasteiger partial charge in [-0.05, 0) is 43.6 Å². The van der Waals surface area contributed by atoms with E-state index in [1.165, 1.54) is 24.8 Å². The Balaban J connectivity index is 1.57. The molecule has 1 heteroatoms. The van der Waals surface area contributed by atoms with Gasteiger partial charge in [0.2, 0.25) is 0 Å². The summed E-state index contributed by atoms with van der Waals surface area (Å²) in [6.45, 7) is 2.38. The number of likely N-dealkylation sites (tertiary alicyclic amines) is 1. The molecule has 3 fully saturated rings. The summed E-state index contributed by atoms with van der Waals surface area (Å²) in [4.78, 5) is 2.78. The highest BCUT2D eigenvalue weighted by molar-refractivity contribution is 5.26. The van der Waals surface area contributed by atoms with E-state index in [1.54, 1.807) is 0 Å². The van der Waals surface area contributed by atoms with Gasteiger partial charge in [-0.1, -0.05) is 30.3 Å². The van der Waals surface area contributed by atoms with E-state index in [1.807, 2.05) is 0 Å². The fraction of sp³-hybridized carbons (Fsp3) is 0.600. The number of benzene rings is 1. The van der Waals surface area contributed by atoms with Crippen LogP contribution in [0.15, 0.2) is 30.3 Å². The van der Waals surface area contributed by atoms with E-state index in [4.69, 9.17) is 0 Å². The molecule has 0 aromatic heterocycles. The monoisotopic (exact) mass is 213 g/mol. The first-order chi connectivity index (χ1) is 7.86. The maximum Gasteiger partial charge on any atom is 0.0327 e. The number of hydrogen-bond acceptors (Lipinski definition) is 1. The lowest BCUT2D eigenvalue weighted by atomic mass is 10.0. The average molecular weight is 213 g/mol. The standard InChI is InChI=1S/C15H19N/c1-10(11-5-3-2-4-6-11)16-14-12-7-8-13(9-12)15(14)16/h2-6,10,12-15H,7-9H2,1H3. The molecule has 1 aromatic carbocycles. The van der Waals surface area contributed by atoms with Crippen LogP contribution >= 0.6 is 0 Å². The number of hydrogen-bond donors (Lipinski definition) is 0. The van der Waals surface area contributed by atoms with Crippen LogP contribution in [0.4, 0.5) is 0 Å². The molecule has 4 rings (SSSR count). The maximum absolute atomic E-state index is 2.78. The zero-order valence-electron chi connectivity index (χ0n) is 9.84. The SMILES string of the molecule is CC(c1ccccc1)N1C2C3CCC(C3)C21. The minimum absolute atomic E-state index is 0.639. The van der Waals surface area contributed by atoms with E-state index >= 15 is 0 Å². The Kier molecular flexibility index (Phi) is 1.79. The zero-order valence-corrected chi connectivity index (χ0v) is 9.84. The molecule has 1 saturated heterocycles. The normalized spacial score (nSPS) is 45.4. The first kappa shape index (κ1) is 9.23. The summed E-state index contributed by atoms with van der Waals surface area (Å²) in [5.74, 6) is 2.09. The summed E-state index contributed by atoms with van der Waals surface area (Å²) in [6, 6.07) is 13.5. The van der Waals surface area contributed by atoms with Gasteiger partial charge in [0.15, 0.2) is 0 Å². The second kappa shape index (κ2) is 3.10. The van der Waals surface area contributed by atoms with Gasteiger partial charge in [-0.3, -0.25) is 4.90 Å². The summed E-state index contributed by atoms with van der Waals surface area (Å²) in [6.07, 6.45) is 4.54. The third-order valence-corrected chi connectivity index (χ3v) is 5.16. The van der Waals surface area contributed by atoms with Crippen LogP contribution in [0.5, 0.6) is 0 Å². The summed E-state index contributed by atoms with van der Waals surface area (Å²) < 4.78 is 0. The van der Waals surface area contributed by atoms with Crippen LogP contribution in [0.2, 0.25) is 0 Å². The quantitative estimate of drug-likeness (QED) is 0.682. The smallest absolute Gasteiger partial charge is 0.0327 e. The molecule has 84 valence electrons. The van der Waals surface area contributed by atoms with E-state index in [-0.39, 0.29) is 0 Å². The van der Waals surface area contributed by atoms with Gasteiger partial charge in [0.25, 0.3) is 0 Å². The van der Waals surface area contributed by atoms with Gasteiger partial charge in [0, 0.05) is 18.1 Å². The van der Waals surface area contributed by atoms with Gasteiger partial charge in [-0.15, -0.1) is 0 Å². The van der Waals surface area contributed by atoms with Gasteiger partial charge in [0.1, 0.15) is 0 Å². The van der Waals surface area contributed by atoms with Crippen molar-refractivity contribution in [1.82, 2.24) is 4.90 Å². The lowest BCUT2D eigenvalue weighted by Crippen LogP contribution is -2.16. The molecule has 1 nitrogen and oxygen atoms in total. The zero-order chi connectivity index (χ0) is 10.7. The highest BCUT2D eigenvalue weighted by Crippen LogP contribution is 2.60. The third kappa shape index (κ3) is 1.10. The van der Waals surface area contributed by atoms with Crippen LogP contribution in [-0.2, 0) is 0 Å². The van der Waals surface area contributed by atoms with Gasteiger partial charge >= 0.3 is 0 Å². The predicted molar refractivity (Wildman–Crippen MR) is 65.1 cm³/mol. The molecular weight excluding hydrogens is 194 g/mol. The molecule has 1 heterocycles. The number of nitrogens with zero attached hydrogens (tertiary/aromatic N) is 1. The molecule has 5 atom stereocenters.